The monoisotopic (exact) mass is 682 g/mol. The molecule has 12 heteroatoms. The maximum atomic E-state index is 16.9. The highest BCUT2D eigenvalue weighted by Crippen LogP contribution is 2.51. The number of phenolic OH excluding ortho intramolecular Hbond substituents is 1. The van der Waals surface area contributed by atoms with Crippen molar-refractivity contribution in [2.24, 2.45) is 17.1 Å². The highest BCUT2D eigenvalue weighted by atomic mass is 19.1. The molecule has 3 N–H and O–H groups in total. The number of nitrogens with two attached hydrogens (primary N) is 1. The Morgan fingerprint density at radius 1 is 1.12 bits per heavy atom. The number of terminal acetylenes is 1. The Hall–Kier alpha value is -4.60. The number of amides is 1. The summed E-state index contributed by atoms with van der Waals surface area (Å²) in [6.07, 6.45) is 14.8. The summed E-state index contributed by atoms with van der Waals surface area (Å²) in [6, 6.07) is 6.24. The van der Waals surface area contributed by atoms with Crippen LogP contribution in [0, 0.1) is 35.3 Å². The Labute approximate surface area is 289 Å². The van der Waals surface area contributed by atoms with Gasteiger partial charge in [0.05, 0.1) is 24.2 Å². The van der Waals surface area contributed by atoms with Crippen LogP contribution in [0.5, 0.6) is 11.8 Å². The van der Waals surface area contributed by atoms with Crippen LogP contribution in [0.15, 0.2) is 30.5 Å². The summed E-state index contributed by atoms with van der Waals surface area (Å²) < 4.78 is 44.0. The van der Waals surface area contributed by atoms with Gasteiger partial charge >= 0.3 is 6.01 Å². The van der Waals surface area contributed by atoms with Crippen molar-refractivity contribution in [1.82, 2.24) is 19.9 Å². The minimum absolute atomic E-state index is 0.00743. The number of likely N-dealkylation sites (tertiary alicyclic amines) is 1. The topological polar surface area (TPSA) is 127 Å². The number of primary amides is 1. The van der Waals surface area contributed by atoms with Crippen molar-refractivity contribution in [3.8, 4) is 35.4 Å². The lowest BCUT2D eigenvalue weighted by Crippen LogP contribution is -2.59. The van der Waals surface area contributed by atoms with Gasteiger partial charge in [-0.15, -0.1) is 6.42 Å². The molecule has 1 amide bonds. The van der Waals surface area contributed by atoms with Crippen LogP contribution in [-0.2, 0) is 9.53 Å². The fourth-order valence-corrected chi connectivity index (χ4v) is 8.90. The molecule has 0 radical (unpaired) electrons. The lowest BCUT2D eigenvalue weighted by Gasteiger charge is -2.52. The number of aromatic nitrogens is 3. The second-order valence-electron chi connectivity index (χ2n) is 14.2. The summed E-state index contributed by atoms with van der Waals surface area (Å²) in [5, 5.41) is 11.7. The van der Waals surface area contributed by atoms with Crippen molar-refractivity contribution < 1.29 is 28.2 Å². The molecule has 8 rings (SSSR count). The number of fused-ring (bicyclic) bond motifs is 3. The van der Waals surface area contributed by atoms with Gasteiger partial charge in [-0.05, 0) is 75.1 Å². The van der Waals surface area contributed by atoms with Gasteiger partial charge in [0.2, 0.25) is 5.91 Å². The largest absolute Gasteiger partial charge is 0.508 e. The Bertz CT molecular complexity index is 2020. The van der Waals surface area contributed by atoms with Gasteiger partial charge in [-0.25, -0.2) is 8.78 Å². The summed E-state index contributed by atoms with van der Waals surface area (Å²) in [5.41, 5.74) is 5.47. The van der Waals surface area contributed by atoms with Gasteiger partial charge in [-0.2, -0.15) is 9.97 Å². The van der Waals surface area contributed by atoms with E-state index in [1.165, 1.54) is 30.5 Å². The lowest BCUT2D eigenvalue weighted by atomic mass is 9.71. The standard InChI is InChI=1S/C38H40F2N6O4/c1-2-26-29(39)8-7-22-18-25(47)19-27(31(22)26)33-32(40)34-28(20-42-33)36(45-11-5-14-49-15-13-45)44-37(43-34)50-21-38-9-3-6-30(38)46(12-4-10-38)24-16-23(17-24)35(41)48/h1,7-8,18-20,23-24,30,47H,3-6,9-17,21H2,(H2,41,48)/t23?,24?,30-,38-/m1/s1. The third-order valence-electron chi connectivity index (χ3n) is 11.4. The molecule has 2 saturated heterocycles. The summed E-state index contributed by atoms with van der Waals surface area (Å²) in [4.78, 5) is 30.4. The molecular formula is C38H40F2N6O4. The molecule has 2 aromatic carbocycles. The second-order valence-corrected chi connectivity index (χ2v) is 14.2. The zero-order valence-corrected chi connectivity index (χ0v) is 27.8. The van der Waals surface area contributed by atoms with Gasteiger partial charge < -0.3 is 25.2 Å². The first-order chi connectivity index (χ1) is 24.3. The highest BCUT2D eigenvalue weighted by molar-refractivity contribution is 6.03. The number of carbonyl (C=O) groups is 1. The molecule has 4 fully saturated rings. The van der Waals surface area contributed by atoms with Crippen molar-refractivity contribution in [3.05, 3.63) is 47.7 Å². The molecule has 2 saturated carbocycles. The van der Waals surface area contributed by atoms with Gasteiger partial charge in [0.1, 0.15) is 28.6 Å². The van der Waals surface area contributed by atoms with Crippen molar-refractivity contribution >= 4 is 33.4 Å². The molecule has 0 unspecified atom stereocenters. The van der Waals surface area contributed by atoms with Crippen LogP contribution in [0.4, 0.5) is 14.6 Å². The van der Waals surface area contributed by atoms with Crippen molar-refractivity contribution in [1.29, 1.82) is 0 Å². The number of pyridine rings is 1. The molecule has 2 atom stereocenters. The molecule has 260 valence electrons. The molecule has 0 spiro atoms. The van der Waals surface area contributed by atoms with E-state index in [-0.39, 0.29) is 56.7 Å². The van der Waals surface area contributed by atoms with Crippen molar-refractivity contribution in [2.75, 3.05) is 44.4 Å². The van der Waals surface area contributed by atoms with Gasteiger partial charge in [0, 0.05) is 60.3 Å². The van der Waals surface area contributed by atoms with Crippen molar-refractivity contribution in [2.45, 2.75) is 63.5 Å². The van der Waals surface area contributed by atoms with E-state index in [0.29, 0.717) is 61.6 Å². The summed E-state index contributed by atoms with van der Waals surface area (Å²) >= 11 is 0. The number of rotatable bonds is 7. The summed E-state index contributed by atoms with van der Waals surface area (Å²) in [6.45, 7) is 3.67. The third kappa shape index (κ3) is 5.57. The third-order valence-corrected chi connectivity index (χ3v) is 11.4. The molecule has 2 aliphatic heterocycles. The molecule has 4 aliphatic rings. The number of piperidine rings is 1. The van der Waals surface area contributed by atoms with Crippen LogP contribution >= 0.6 is 0 Å². The van der Waals surface area contributed by atoms with E-state index in [0.717, 1.165) is 57.9 Å². The van der Waals surface area contributed by atoms with E-state index in [1.807, 2.05) is 4.90 Å². The molecule has 2 aromatic heterocycles. The van der Waals surface area contributed by atoms with E-state index < -0.39 is 11.6 Å². The number of carbonyl (C=O) groups excluding carboxylic acids is 1. The SMILES string of the molecule is C#Cc1c(F)ccc2cc(O)cc(-c3ncc4c(N5CCCOCC5)nc(OC[C@]56CCC[C@H]5N(C5CC(C(N)=O)C5)CCC6)nc4c3F)c12. The Kier molecular flexibility index (Phi) is 8.43. The van der Waals surface area contributed by atoms with Gasteiger partial charge in [-0.3, -0.25) is 14.7 Å². The molecule has 2 aliphatic carbocycles. The average molecular weight is 683 g/mol. The molecular weight excluding hydrogens is 642 g/mol. The summed E-state index contributed by atoms with van der Waals surface area (Å²) in [5.74, 6) is 1.10. The van der Waals surface area contributed by atoms with Crippen LogP contribution in [0.25, 0.3) is 32.9 Å². The van der Waals surface area contributed by atoms with E-state index in [2.05, 4.69) is 20.8 Å². The number of phenols is 1. The Morgan fingerprint density at radius 2 is 1.96 bits per heavy atom. The first kappa shape index (κ1) is 32.6. The number of hydrogen-bond donors (Lipinski definition) is 2. The first-order valence-electron chi connectivity index (χ1n) is 17.6. The van der Waals surface area contributed by atoms with Gasteiger partial charge in [0.15, 0.2) is 5.82 Å². The van der Waals surface area contributed by atoms with E-state index >= 15 is 4.39 Å². The molecule has 50 heavy (non-hydrogen) atoms. The van der Waals surface area contributed by atoms with Crippen LogP contribution < -0.4 is 15.4 Å². The first-order valence-corrected chi connectivity index (χ1v) is 17.6. The minimum Gasteiger partial charge on any atom is -0.508 e. The van der Waals surface area contributed by atoms with Crippen LogP contribution in [0.1, 0.15) is 56.9 Å². The highest BCUT2D eigenvalue weighted by Gasteiger charge is 2.52. The van der Waals surface area contributed by atoms with Crippen LogP contribution in [0.2, 0.25) is 0 Å². The maximum Gasteiger partial charge on any atom is 0.319 e. The smallest absolute Gasteiger partial charge is 0.319 e. The van der Waals surface area contributed by atoms with E-state index in [1.54, 1.807) is 0 Å². The van der Waals surface area contributed by atoms with Crippen LogP contribution in [0.3, 0.4) is 0 Å². The average Bonchev–Trinajstić information content (AvgIpc) is 3.33. The van der Waals surface area contributed by atoms with Gasteiger partial charge in [-0.1, -0.05) is 18.4 Å². The maximum absolute atomic E-state index is 16.9. The Balaban J connectivity index is 1.19. The quantitative estimate of drug-likeness (QED) is 0.249. The number of aromatic hydroxyl groups is 1. The zero-order chi connectivity index (χ0) is 34.6. The normalized spacial score (nSPS) is 25.5. The lowest BCUT2D eigenvalue weighted by molar-refractivity contribution is -0.128. The Morgan fingerprint density at radius 3 is 2.78 bits per heavy atom. The molecule has 4 heterocycles. The predicted molar refractivity (Wildman–Crippen MR) is 185 cm³/mol. The molecule has 4 aromatic rings. The molecule has 0 bridgehead atoms. The van der Waals surface area contributed by atoms with E-state index in [9.17, 15) is 14.3 Å². The fraction of sp³-hybridized carbons (Fsp3) is 0.474. The number of benzene rings is 2. The number of hydrogen-bond acceptors (Lipinski definition) is 9. The minimum atomic E-state index is -0.754. The van der Waals surface area contributed by atoms with Crippen molar-refractivity contribution in [3.63, 3.8) is 0 Å². The fourth-order valence-electron chi connectivity index (χ4n) is 8.90. The second kappa shape index (κ2) is 12.9. The zero-order valence-electron chi connectivity index (χ0n) is 27.8. The molecule has 10 nitrogen and oxygen atoms in total. The van der Waals surface area contributed by atoms with Gasteiger partial charge in [0.25, 0.3) is 0 Å². The summed E-state index contributed by atoms with van der Waals surface area (Å²) in [7, 11) is 0. The number of anilines is 1. The number of ether oxygens (including phenoxy) is 2. The number of nitrogens with zero attached hydrogens (tertiary/aromatic N) is 5. The van der Waals surface area contributed by atoms with Crippen LogP contribution in [-0.4, -0.2) is 82.4 Å². The number of halogens is 2. The predicted octanol–water partition coefficient (Wildman–Crippen LogP) is 5.31. The van der Waals surface area contributed by atoms with E-state index in [4.69, 9.17) is 26.6 Å².